The van der Waals surface area contributed by atoms with E-state index < -0.39 is 10.0 Å². The van der Waals surface area contributed by atoms with E-state index >= 15 is 0 Å². The van der Waals surface area contributed by atoms with Gasteiger partial charge in [0.05, 0.1) is 19.3 Å². The van der Waals surface area contributed by atoms with Crippen LogP contribution in [-0.4, -0.2) is 69.0 Å². The molecule has 0 unspecified atom stereocenters. The molecule has 8 heteroatoms. The fourth-order valence-electron chi connectivity index (χ4n) is 2.35. The number of amides is 1. The fourth-order valence-corrected chi connectivity index (χ4v) is 3.48. The highest BCUT2D eigenvalue weighted by atomic mass is 32.2. The summed E-state index contributed by atoms with van der Waals surface area (Å²) >= 11 is 0. The van der Waals surface area contributed by atoms with Crippen LogP contribution in [0.1, 0.15) is 26.2 Å². The molecule has 0 saturated carbocycles. The second-order valence-electron chi connectivity index (χ2n) is 5.16. The largest absolute Gasteiger partial charge is 0.469 e. The number of hydrogen-bond acceptors (Lipinski definition) is 5. The number of carbonyl (C=O) groups excluding carboxylic acids is 2. The fraction of sp³-hybridized carbons (Fsp3) is 0.846. The van der Waals surface area contributed by atoms with E-state index in [-0.39, 0.29) is 30.0 Å². The van der Waals surface area contributed by atoms with E-state index in [1.165, 1.54) is 16.3 Å². The zero-order valence-electron chi connectivity index (χ0n) is 12.9. The molecule has 1 saturated heterocycles. The quantitative estimate of drug-likeness (QED) is 0.647. The zero-order chi connectivity index (χ0) is 16.0. The maximum atomic E-state index is 12.2. The SMILES string of the molecule is CCS(=O)(=O)N1CCC(C(=O)N(C)CCC(=O)OC)CC1. The van der Waals surface area contributed by atoms with Gasteiger partial charge in [0.25, 0.3) is 0 Å². The molecule has 1 aliphatic rings. The van der Waals surface area contributed by atoms with Crippen LogP contribution in [-0.2, 0) is 24.3 Å². The van der Waals surface area contributed by atoms with Crippen LogP contribution in [0.2, 0.25) is 0 Å². The predicted molar refractivity (Wildman–Crippen MR) is 78.0 cm³/mol. The lowest BCUT2D eigenvalue weighted by Crippen LogP contribution is -2.44. The number of piperidine rings is 1. The van der Waals surface area contributed by atoms with Crippen molar-refractivity contribution in [3.8, 4) is 0 Å². The van der Waals surface area contributed by atoms with Crippen LogP contribution in [0, 0.1) is 5.92 Å². The van der Waals surface area contributed by atoms with Gasteiger partial charge in [0.15, 0.2) is 0 Å². The Morgan fingerprint density at radius 1 is 1.29 bits per heavy atom. The van der Waals surface area contributed by atoms with Crippen molar-refractivity contribution >= 4 is 21.9 Å². The molecule has 1 heterocycles. The molecule has 7 nitrogen and oxygen atoms in total. The molecule has 1 amide bonds. The summed E-state index contributed by atoms with van der Waals surface area (Å²) < 4.78 is 29.5. The van der Waals surface area contributed by atoms with Gasteiger partial charge >= 0.3 is 5.97 Å². The Balaban J connectivity index is 2.46. The first-order chi connectivity index (χ1) is 9.81. The molecule has 0 atom stereocenters. The van der Waals surface area contributed by atoms with E-state index in [1.807, 2.05) is 0 Å². The van der Waals surface area contributed by atoms with Crippen LogP contribution in [0.15, 0.2) is 0 Å². The molecule has 1 aliphatic heterocycles. The maximum absolute atomic E-state index is 12.2. The van der Waals surface area contributed by atoms with E-state index in [1.54, 1.807) is 14.0 Å². The van der Waals surface area contributed by atoms with Gasteiger partial charge in [0.2, 0.25) is 15.9 Å². The van der Waals surface area contributed by atoms with Crippen molar-refractivity contribution in [3.05, 3.63) is 0 Å². The number of ether oxygens (including phenoxy) is 1. The molecular weight excluding hydrogens is 296 g/mol. The van der Waals surface area contributed by atoms with Crippen LogP contribution < -0.4 is 0 Å². The highest BCUT2D eigenvalue weighted by Gasteiger charge is 2.31. The summed E-state index contributed by atoms with van der Waals surface area (Å²) in [4.78, 5) is 24.8. The summed E-state index contributed by atoms with van der Waals surface area (Å²) in [7, 11) is -0.201. The smallest absolute Gasteiger partial charge is 0.307 e. The predicted octanol–water partition coefficient (Wildman–Crippen LogP) is 0.0696. The average Bonchev–Trinajstić information content (AvgIpc) is 2.51. The van der Waals surface area contributed by atoms with Crippen molar-refractivity contribution in [2.45, 2.75) is 26.2 Å². The van der Waals surface area contributed by atoms with Crippen molar-refractivity contribution < 1.29 is 22.7 Å². The summed E-state index contributed by atoms with van der Waals surface area (Å²) in [6.07, 6.45) is 1.23. The maximum Gasteiger partial charge on any atom is 0.307 e. The van der Waals surface area contributed by atoms with Crippen molar-refractivity contribution in [2.75, 3.05) is 39.5 Å². The molecule has 21 heavy (non-hydrogen) atoms. The van der Waals surface area contributed by atoms with Crippen LogP contribution in [0.25, 0.3) is 0 Å². The Kier molecular flexibility index (Phi) is 6.60. The molecule has 0 spiro atoms. The Morgan fingerprint density at radius 2 is 1.86 bits per heavy atom. The first-order valence-electron chi connectivity index (χ1n) is 7.11. The first-order valence-corrected chi connectivity index (χ1v) is 8.72. The lowest BCUT2D eigenvalue weighted by molar-refractivity contribution is -0.142. The minimum Gasteiger partial charge on any atom is -0.469 e. The molecule has 122 valence electrons. The number of carbonyl (C=O) groups is 2. The lowest BCUT2D eigenvalue weighted by Gasteiger charge is -2.32. The molecule has 0 aromatic heterocycles. The second kappa shape index (κ2) is 7.74. The van der Waals surface area contributed by atoms with Gasteiger partial charge in [-0.1, -0.05) is 0 Å². The van der Waals surface area contributed by atoms with Gasteiger partial charge in [-0.05, 0) is 19.8 Å². The van der Waals surface area contributed by atoms with E-state index in [0.717, 1.165) is 0 Å². The molecule has 0 N–H and O–H groups in total. The van der Waals surface area contributed by atoms with E-state index in [0.29, 0.717) is 32.5 Å². The van der Waals surface area contributed by atoms with Crippen molar-refractivity contribution in [3.63, 3.8) is 0 Å². The summed E-state index contributed by atoms with van der Waals surface area (Å²) in [5, 5.41) is 0. The Morgan fingerprint density at radius 3 is 2.33 bits per heavy atom. The van der Waals surface area contributed by atoms with E-state index in [4.69, 9.17) is 0 Å². The number of nitrogens with zero attached hydrogens (tertiary/aromatic N) is 2. The number of sulfonamides is 1. The summed E-state index contributed by atoms with van der Waals surface area (Å²) in [6.45, 7) is 2.71. The molecular formula is C13H24N2O5S. The first kappa shape index (κ1) is 17.9. The second-order valence-corrected chi connectivity index (χ2v) is 7.42. The summed E-state index contributed by atoms with van der Waals surface area (Å²) in [6, 6.07) is 0. The van der Waals surface area contributed by atoms with Gasteiger partial charge in [0.1, 0.15) is 0 Å². The van der Waals surface area contributed by atoms with Gasteiger partial charge in [-0.15, -0.1) is 0 Å². The molecule has 1 rings (SSSR count). The van der Waals surface area contributed by atoms with Crippen LogP contribution in [0.4, 0.5) is 0 Å². The molecule has 0 bridgehead atoms. The minimum atomic E-state index is -3.17. The minimum absolute atomic E-state index is 0.0348. The topological polar surface area (TPSA) is 84.0 Å². The third-order valence-electron chi connectivity index (χ3n) is 3.82. The van der Waals surface area contributed by atoms with Crippen LogP contribution >= 0.6 is 0 Å². The van der Waals surface area contributed by atoms with Gasteiger partial charge in [-0.25, -0.2) is 12.7 Å². The standard InChI is InChI=1S/C13H24N2O5S/c1-4-21(18,19)15-9-5-11(6-10-15)13(17)14(2)8-7-12(16)20-3/h11H,4-10H2,1-3H3. The van der Waals surface area contributed by atoms with Crippen molar-refractivity contribution in [1.29, 1.82) is 0 Å². The van der Waals surface area contributed by atoms with Gasteiger partial charge < -0.3 is 9.64 Å². The third-order valence-corrected chi connectivity index (χ3v) is 5.70. The third kappa shape index (κ3) is 4.96. The Hall–Kier alpha value is -1.15. The molecule has 0 radical (unpaired) electrons. The van der Waals surface area contributed by atoms with Crippen molar-refractivity contribution in [1.82, 2.24) is 9.21 Å². The van der Waals surface area contributed by atoms with Gasteiger partial charge in [0, 0.05) is 32.6 Å². The highest BCUT2D eigenvalue weighted by Crippen LogP contribution is 2.21. The summed E-state index contributed by atoms with van der Waals surface area (Å²) in [5.74, 6) is -0.466. The van der Waals surface area contributed by atoms with Gasteiger partial charge in [-0.3, -0.25) is 9.59 Å². The lowest BCUT2D eigenvalue weighted by atomic mass is 9.96. The molecule has 0 aromatic carbocycles. The summed E-state index contributed by atoms with van der Waals surface area (Å²) in [5.41, 5.74) is 0. The molecule has 1 fully saturated rings. The molecule has 0 aliphatic carbocycles. The van der Waals surface area contributed by atoms with E-state index in [2.05, 4.69) is 4.74 Å². The number of esters is 1. The Bertz CT molecular complexity index is 469. The Labute approximate surface area is 126 Å². The number of rotatable bonds is 6. The van der Waals surface area contributed by atoms with Gasteiger partial charge in [-0.2, -0.15) is 0 Å². The van der Waals surface area contributed by atoms with Crippen LogP contribution in [0.3, 0.4) is 0 Å². The highest BCUT2D eigenvalue weighted by molar-refractivity contribution is 7.89. The van der Waals surface area contributed by atoms with Crippen LogP contribution in [0.5, 0.6) is 0 Å². The van der Waals surface area contributed by atoms with E-state index in [9.17, 15) is 18.0 Å². The monoisotopic (exact) mass is 320 g/mol. The normalized spacial score (nSPS) is 17.5. The molecule has 0 aromatic rings. The number of hydrogen-bond donors (Lipinski definition) is 0. The number of methoxy groups -OCH3 is 1. The zero-order valence-corrected chi connectivity index (χ0v) is 13.7. The van der Waals surface area contributed by atoms with Crippen molar-refractivity contribution in [2.24, 2.45) is 5.92 Å². The average molecular weight is 320 g/mol.